The number of hydrogen-bond donors (Lipinski definition) is 0. The fourth-order valence-corrected chi connectivity index (χ4v) is 2.01. The Labute approximate surface area is 115 Å². The zero-order chi connectivity index (χ0) is 13.9. The van der Waals surface area contributed by atoms with Gasteiger partial charge in [-0.25, -0.2) is 0 Å². The zero-order valence-electron chi connectivity index (χ0n) is 11.7. The van der Waals surface area contributed by atoms with Crippen LogP contribution in [-0.4, -0.2) is 44.3 Å². The molecule has 4 nitrogen and oxygen atoms in total. The van der Waals surface area contributed by atoms with E-state index in [1.54, 1.807) is 0 Å². The fourth-order valence-electron chi connectivity index (χ4n) is 2.01. The molecule has 1 atom stereocenters. The van der Waals surface area contributed by atoms with Crippen molar-refractivity contribution >= 4 is 6.47 Å². The van der Waals surface area contributed by atoms with E-state index in [-0.39, 0.29) is 0 Å². The van der Waals surface area contributed by atoms with E-state index in [9.17, 15) is 0 Å². The summed E-state index contributed by atoms with van der Waals surface area (Å²) in [7, 11) is 1.31. The van der Waals surface area contributed by atoms with Gasteiger partial charge in [-0.05, 0) is 12.0 Å². The molecular weight excluding hydrogens is 242 g/mol. The second-order valence-corrected chi connectivity index (χ2v) is 4.45. The molecule has 0 aromatic heterocycles. The Kier molecular flexibility index (Phi) is 7.86. The van der Waals surface area contributed by atoms with E-state index >= 15 is 0 Å². The molecule has 1 heterocycles. The van der Waals surface area contributed by atoms with Crippen molar-refractivity contribution in [1.29, 1.82) is 0 Å². The van der Waals surface area contributed by atoms with Gasteiger partial charge in [0, 0.05) is 19.6 Å². The fraction of sp³-hybridized carbons (Fsp3) is 0.533. The molecule has 2 rings (SSSR count). The normalized spacial score (nSPS) is 19.2. The van der Waals surface area contributed by atoms with Crippen LogP contribution in [0, 0.1) is 0 Å². The van der Waals surface area contributed by atoms with Crippen molar-refractivity contribution in [3.8, 4) is 0 Å². The van der Waals surface area contributed by atoms with Gasteiger partial charge in [-0.2, -0.15) is 0 Å². The molecule has 0 saturated carbocycles. The number of nitrogens with zero attached hydrogens (tertiary/aromatic N) is 1. The van der Waals surface area contributed by atoms with Crippen LogP contribution in [0.15, 0.2) is 30.3 Å². The monoisotopic (exact) mass is 265 g/mol. The summed E-state index contributed by atoms with van der Waals surface area (Å²) in [6, 6.07) is 10.7. The molecule has 1 unspecified atom stereocenters. The third kappa shape index (κ3) is 6.36. The van der Waals surface area contributed by atoms with Crippen molar-refractivity contribution in [2.45, 2.75) is 26.0 Å². The highest BCUT2D eigenvalue weighted by Crippen LogP contribution is 2.11. The number of benzene rings is 1. The standard InChI is InChI=1S/C13H19NO.C2H4O2/c1-2-13-11-14(8-9-15-13)10-12-6-4-3-5-7-12;1-4-2-3/h3-7,13H,2,8-11H2,1H3;2H,1H3. The first kappa shape index (κ1) is 15.7. The molecule has 0 aliphatic carbocycles. The molecule has 106 valence electrons. The van der Waals surface area contributed by atoms with Crippen molar-refractivity contribution in [1.82, 2.24) is 4.90 Å². The summed E-state index contributed by atoms with van der Waals surface area (Å²) < 4.78 is 9.51. The maximum atomic E-state index is 8.95. The summed E-state index contributed by atoms with van der Waals surface area (Å²) in [6.45, 7) is 6.64. The van der Waals surface area contributed by atoms with E-state index in [1.165, 1.54) is 12.7 Å². The average Bonchev–Trinajstić information content (AvgIpc) is 2.49. The quantitative estimate of drug-likeness (QED) is 0.781. The van der Waals surface area contributed by atoms with Gasteiger partial charge in [0.15, 0.2) is 0 Å². The van der Waals surface area contributed by atoms with E-state index in [0.717, 1.165) is 32.7 Å². The van der Waals surface area contributed by atoms with Crippen LogP contribution in [0.1, 0.15) is 18.9 Å². The minimum atomic E-state index is 0.375. The van der Waals surface area contributed by atoms with Gasteiger partial charge in [0.25, 0.3) is 6.47 Å². The summed E-state index contributed by atoms with van der Waals surface area (Å²) in [4.78, 5) is 11.4. The van der Waals surface area contributed by atoms with Crippen LogP contribution < -0.4 is 0 Å². The lowest BCUT2D eigenvalue weighted by Gasteiger charge is -2.32. The van der Waals surface area contributed by atoms with Gasteiger partial charge in [-0.15, -0.1) is 0 Å². The van der Waals surface area contributed by atoms with Gasteiger partial charge in [0.05, 0.1) is 19.8 Å². The molecule has 1 aromatic carbocycles. The number of ether oxygens (including phenoxy) is 2. The maximum absolute atomic E-state index is 8.95. The molecule has 0 spiro atoms. The molecule has 1 aromatic rings. The van der Waals surface area contributed by atoms with Crippen LogP contribution in [0.3, 0.4) is 0 Å². The van der Waals surface area contributed by atoms with E-state index < -0.39 is 0 Å². The predicted molar refractivity (Wildman–Crippen MR) is 74.8 cm³/mol. The largest absolute Gasteiger partial charge is 0.471 e. The molecule has 19 heavy (non-hydrogen) atoms. The van der Waals surface area contributed by atoms with Gasteiger partial charge in [0.2, 0.25) is 0 Å². The highest BCUT2D eigenvalue weighted by Gasteiger charge is 2.18. The number of carbonyl (C=O) groups is 1. The van der Waals surface area contributed by atoms with Gasteiger partial charge >= 0.3 is 0 Å². The Morgan fingerprint density at radius 3 is 2.68 bits per heavy atom. The molecule has 1 aliphatic rings. The average molecular weight is 265 g/mol. The molecule has 1 fully saturated rings. The lowest BCUT2D eigenvalue weighted by Crippen LogP contribution is -2.41. The number of rotatable bonds is 4. The molecular formula is C15H23NO3. The predicted octanol–water partition coefficient (Wildman–Crippen LogP) is 2.09. The maximum Gasteiger partial charge on any atom is 0.292 e. The van der Waals surface area contributed by atoms with Gasteiger partial charge in [-0.1, -0.05) is 37.3 Å². The van der Waals surface area contributed by atoms with Crippen LogP contribution >= 0.6 is 0 Å². The molecule has 1 aliphatic heterocycles. The molecule has 0 amide bonds. The molecule has 0 bridgehead atoms. The Morgan fingerprint density at radius 1 is 1.42 bits per heavy atom. The second-order valence-electron chi connectivity index (χ2n) is 4.45. The summed E-state index contributed by atoms with van der Waals surface area (Å²) in [5.41, 5.74) is 1.40. The number of morpholine rings is 1. The van der Waals surface area contributed by atoms with Crippen molar-refractivity contribution < 1.29 is 14.3 Å². The Bertz CT molecular complexity index is 343. The van der Waals surface area contributed by atoms with Crippen molar-refractivity contribution in [3.63, 3.8) is 0 Å². The van der Waals surface area contributed by atoms with Crippen LogP contribution in [0.5, 0.6) is 0 Å². The minimum absolute atomic E-state index is 0.375. The zero-order valence-corrected chi connectivity index (χ0v) is 11.7. The molecule has 0 N–H and O–H groups in total. The van der Waals surface area contributed by atoms with Crippen LogP contribution in [0.2, 0.25) is 0 Å². The van der Waals surface area contributed by atoms with E-state index in [2.05, 4.69) is 46.9 Å². The van der Waals surface area contributed by atoms with Crippen molar-refractivity contribution in [2.75, 3.05) is 26.8 Å². The second kappa shape index (κ2) is 9.53. The van der Waals surface area contributed by atoms with E-state index in [4.69, 9.17) is 9.53 Å². The first-order valence-electron chi connectivity index (χ1n) is 6.64. The lowest BCUT2D eigenvalue weighted by molar-refractivity contribution is -0.126. The highest BCUT2D eigenvalue weighted by atomic mass is 16.5. The smallest absolute Gasteiger partial charge is 0.292 e. The Morgan fingerprint density at radius 2 is 2.11 bits per heavy atom. The molecule has 1 saturated heterocycles. The summed E-state index contributed by atoms with van der Waals surface area (Å²) in [6.07, 6.45) is 1.55. The highest BCUT2D eigenvalue weighted by molar-refractivity contribution is 5.36. The van der Waals surface area contributed by atoms with Gasteiger partial charge < -0.3 is 9.47 Å². The van der Waals surface area contributed by atoms with Gasteiger partial charge in [0.1, 0.15) is 0 Å². The Balaban J connectivity index is 0.000000399. The summed E-state index contributed by atoms with van der Waals surface area (Å²) >= 11 is 0. The van der Waals surface area contributed by atoms with Crippen molar-refractivity contribution in [3.05, 3.63) is 35.9 Å². The van der Waals surface area contributed by atoms with Crippen molar-refractivity contribution in [2.24, 2.45) is 0 Å². The lowest BCUT2D eigenvalue weighted by atomic mass is 10.1. The Hall–Kier alpha value is -1.39. The van der Waals surface area contributed by atoms with E-state index in [0.29, 0.717) is 12.6 Å². The third-order valence-corrected chi connectivity index (χ3v) is 3.02. The topological polar surface area (TPSA) is 38.8 Å². The first-order valence-corrected chi connectivity index (χ1v) is 6.64. The summed E-state index contributed by atoms with van der Waals surface area (Å²) in [5.74, 6) is 0. The van der Waals surface area contributed by atoms with Crippen LogP contribution in [-0.2, 0) is 20.8 Å². The SMILES string of the molecule is CCC1CN(Cc2ccccc2)CCO1.COC=O. The van der Waals surface area contributed by atoms with Crippen LogP contribution in [0.25, 0.3) is 0 Å². The summed E-state index contributed by atoms with van der Waals surface area (Å²) in [5, 5.41) is 0. The molecule has 0 radical (unpaired) electrons. The van der Waals surface area contributed by atoms with E-state index in [1.807, 2.05) is 0 Å². The number of carbonyl (C=O) groups excluding carboxylic acids is 1. The van der Waals surface area contributed by atoms with Crippen LogP contribution in [0.4, 0.5) is 0 Å². The molecule has 4 heteroatoms. The van der Waals surface area contributed by atoms with Gasteiger partial charge in [-0.3, -0.25) is 9.69 Å². The number of hydrogen-bond acceptors (Lipinski definition) is 4. The third-order valence-electron chi connectivity index (χ3n) is 3.02. The number of methoxy groups -OCH3 is 1. The first-order chi connectivity index (χ1) is 9.30. The minimum Gasteiger partial charge on any atom is -0.471 e.